The fourth-order valence-corrected chi connectivity index (χ4v) is 4.14. The molecule has 0 bridgehead atoms. The van der Waals surface area contributed by atoms with E-state index in [1.807, 2.05) is 92.7 Å². The molecule has 36 heavy (non-hydrogen) atoms. The van der Waals surface area contributed by atoms with Gasteiger partial charge in [0.15, 0.2) is 6.29 Å². The second kappa shape index (κ2) is 11.7. The Morgan fingerprint density at radius 2 is 1.53 bits per heavy atom. The Kier molecular flexibility index (Phi) is 8.15. The molecule has 7 nitrogen and oxygen atoms in total. The number of nitrogens with one attached hydrogen (secondary N) is 1. The van der Waals surface area contributed by atoms with Crippen LogP contribution < -0.4 is 9.47 Å². The van der Waals surface area contributed by atoms with E-state index < -0.39 is 6.29 Å². The molecule has 0 radical (unpaired) electrons. The van der Waals surface area contributed by atoms with Crippen molar-refractivity contribution in [3.8, 4) is 11.5 Å². The van der Waals surface area contributed by atoms with Gasteiger partial charge in [0.1, 0.15) is 30.5 Å². The summed E-state index contributed by atoms with van der Waals surface area (Å²) in [5.41, 5.74) is 4.80. The highest BCUT2D eigenvalue weighted by atomic mass is 16.5. The predicted molar refractivity (Wildman–Crippen MR) is 137 cm³/mol. The number of nitrogens with zero attached hydrogens (tertiary/aromatic N) is 1. The van der Waals surface area contributed by atoms with Gasteiger partial charge < -0.3 is 29.6 Å². The summed E-state index contributed by atoms with van der Waals surface area (Å²) in [5, 5.41) is 31.4. The number of hydrogen-bond donors (Lipinski definition) is 3. The Labute approximate surface area is 210 Å². The van der Waals surface area contributed by atoms with Crippen LogP contribution in [0.4, 0.5) is 0 Å². The number of benzene rings is 3. The quantitative estimate of drug-likeness (QED) is 0.200. The van der Waals surface area contributed by atoms with Crippen LogP contribution in [0.3, 0.4) is 0 Å². The van der Waals surface area contributed by atoms with Gasteiger partial charge in [-0.05, 0) is 54.8 Å². The SMILES string of the molecule is Cc1noc(C)c1C(CC(O)O)c1ccc(OCc2ccc(OCC(=N)c3ccccc3)cc2)cc1. The normalized spacial score (nSPS) is 11.9. The van der Waals surface area contributed by atoms with Gasteiger partial charge in [-0.1, -0.05) is 59.8 Å². The average Bonchev–Trinajstić information content (AvgIpc) is 3.23. The van der Waals surface area contributed by atoms with Crippen LogP contribution in [-0.4, -0.2) is 34.0 Å². The van der Waals surface area contributed by atoms with Crippen LogP contribution in [0.2, 0.25) is 0 Å². The number of ether oxygens (including phenoxy) is 2. The molecule has 0 saturated carbocycles. The lowest BCUT2D eigenvalue weighted by molar-refractivity contribution is -0.0477. The molecule has 7 heteroatoms. The van der Waals surface area contributed by atoms with Crippen LogP contribution in [0, 0.1) is 19.3 Å². The summed E-state index contributed by atoms with van der Waals surface area (Å²) < 4.78 is 17.0. The Hall–Kier alpha value is -3.94. The molecule has 0 aliphatic carbocycles. The predicted octanol–water partition coefficient (Wildman–Crippen LogP) is 5.15. The molecule has 3 aromatic carbocycles. The number of aryl methyl sites for hydroxylation is 2. The minimum Gasteiger partial charge on any atom is -0.489 e. The zero-order valence-electron chi connectivity index (χ0n) is 20.3. The molecule has 1 aromatic heterocycles. The van der Waals surface area contributed by atoms with Crippen molar-refractivity contribution in [2.75, 3.05) is 6.61 Å². The Morgan fingerprint density at radius 3 is 2.14 bits per heavy atom. The first-order valence-corrected chi connectivity index (χ1v) is 11.8. The van der Waals surface area contributed by atoms with Crippen LogP contribution >= 0.6 is 0 Å². The lowest BCUT2D eigenvalue weighted by Gasteiger charge is -2.19. The lowest BCUT2D eigenvalue weighted by Crippen LogP contribution is -2.13. The largest absolute Gasteiger partial charge is 0.489 e. The van der Waals surface area contributed by atoms with Crippen LogP contribution in [-0.2, 0) is 6.61 Å². The molecular formula is C29H30N2O5. The highest BCUT2D eigenvalue weighted by Crippen LogP contribution is 2.34. The highest BCUT2D eigenvalue weighted by molar-refractivity contribution is 5.99. The summed E-state index contributed by atoms with van der Waals surface area (Å²) in [7, 11) is 0. The van der Waals surface area contributed by atoms with Gasteiger partial charge in [-0.2, -0.15) is 0 Å². The third-order valence-electron chi connectivity index (χ3n) is 6.00. The zero-order valence-corrected chi connectivity index (χ0v) is 20.3. The van der Waals surface area contributed by atoms with Gasteiger partial charge in [-0.25, -0.2) is 0 Å². The number of aliphatic hydroxyl groups excluding tert-OH is 1. The molecule has 4 rings (SSSR count). The highest BCUT2D eigenvalue weighted by Gasteiger charge is 2.24. The van der Waals surface area contributed by atoms with Crippen molar-refractivity contribution in [3.63, 3.8) is 0 Å². The first kappa shape index (κ1) is 25.2. The summed E-state index contributed by atoms with van der Waals surface area (Å²) in [5.74, 6) is 1.82. The van der Waals surface area contributed by atoms with E-state index in [2.05, 4.69) is 5.16 Å². The van der Waals surface area contributed by atoms with Gasteiger partial charge in [0.25, 0.3) is 0 Å². The molecule has 4 aromatic rings. The summed E-state index contributed by atoms with van der Waals surface area (Å²) in [4.78, 5) is 0. The van der Waals surface area contributed by atoms with Crippen molar-refractivity contribution in [2.45, 2.75) is 39.1 Å². The number of rotatable bonds is 11. The number of aromatic nitrogens is 1. The maximum atomic E-state index is 9.62. The fraction of sp³-hybridized carbons (Fsp3) is 0.241. The van der Waals surface area contributed by atoms with Crippen molar-refractivity contribution in [2.24, 2.45) is 0 Å². The van der Waals surface area contributed by atoms with Crippen molar-refractivity contribution in [3.05, 3.63) is 113 Å². The molecule has 3 N–H and O–H groups in total. The van der Waals surface area contributed by atoms with E-state index in [1.54, 1.807) is 0 Å². The zero-order chi connectivity index (χ0) is 25.5. The maximum absolute atomic E-state index is 9.62. The second-order valence-corrected chi connectivity index (χ2v) is 8.64. The van der Waals surface area contributed by atoms with Crippen molar-refractivity contribution in [1.29, 1.82) is 5.41 Å². The Balaban J connectivity index is 1.33. The first-order chi connectivity index (χ1) is 17.4. The number of hydrogen-bond acceptors (Lipinski definition) is 7. The van der Waals surface area contributed by atoms with Gasteiger partial charge in [-0.15, -0.1) is 0 Å². The summed E-state index contributed by atoms with van der Waals surface area (Å²) in [6.45, 7) is 4.27. The van der Waals surface area contributed by atoms with E-state index in [1.165, 1.54) is 0 Å². The van der Waals surface area contributed by atoms with E-state index in [0.717, 1.165) is 27.9 Å². The van der Waals surface area contributed by atoms with Gasteiger partial charge in [0.05, 0.1) is 11.4 Å². The molecule has 1 atom stereocenters. The number of aliphatic hydroxyl groups is 2. The minimum atomic E-state index is -1.45. The standard InChI is InChI=1S/C29H30N2O5/c1-19-29(20(2)36-31-19)26(16-28(32)33)22-10-14-25(15-11-22)34-17-21-8-12-24(13-9-21)35-18-27(30)23-6-4-3-5-7-23/h3-15,26,28,30,32-33H,16-18H2,1-2H3. The monoisotopic (exact) mass is 486 g/mol. The van der Waals surface area contributed by atoms with Crippen LogP contribution in [0.5, 0.6) is 11.5 Å². The Bertz CT molecular complexity index is 1250. The molecule has 0 aliphatic rings. The van der Waals surface area contributed by atoms with E-state index in [0.29, 0.717) is 29.6 Å². The molecule has 0 saturated heterocycles. The smallest absolute Gasteiger partial charge is 0.152 e. The molecule has 1 unspecified atom stereocenters. The molecule has 0 aliphatic heterocycles. The molecule has 0 spiro atoms. The third kappa shape index (κ3) is 6.38. The van der Waals surface area contributed by atoms with Gasteiger partial charge in [0.2, 0.25) is 0 Å². The third-order valence-corrected chi connectivity index (χ3v) is 6.00. The van der Waals surface area contributed by atoms with Gasteiger partial charge in [-0.3, -0.25) is 0 Å². The van der Waals surface area contributed by atoms with Crippen LogP contribution in [0.1, 0.15) is 46.0 Å². The molecular weight excluding hydrogens is 456 g/mol. The lowest BCUT2D eigenvalue weighted by atomic mass is 9.87. The molecule has 186 valence electrons. The first-order valence-electron chi connectivity index (χ1n) is 11.8. The average molecular weight is 487 g/mol. The second-order valence-electron chi connectivity index (χ2n) is 8.64. The minimum absolute atomic E-state index is 0.141. The summed E-state index contributed by atoms with van der Waals surface area (Å²) >= 11 is 0. The van der Waals surface area contributed by atoms with E-state index in [4.69, 9.17) is 19.4 Å². The van der Waals surface area contributed by atoms with E-state index >= 15 is 0 Å². The van der Waals surface area contributed by atoms with Crippen molar-refractivity contribution < 1.29 is 24.2 Å². The van der Waals surface area contributed by atoms with E-state index in [9.17, 15) is 10.2 Å². The summed E-state index contributed by atoms with van der Waals surface area (Å²) in [6.07, 6.45) is -1.31. The van der Waals surface area contributed by atoms with E-state index in [-0.39, 0.29) is 18.9 Å². The topological polar surface area (TPSA) is 109 Å². The van der Waals surface area contributed by atoms with Crippen LogP contribution in [0.25, 0.3) is 0 Å². The summed E-state index contributed by atoms with van der Waals surface area (Å²) in [6, 6.07) is 24.7. The van der Waals surface area contributed by atoms with Crippen molar-refractivity contribution in [1.82, 2.24) is 5.16 Å². The van der Waals surface area contributed by atoms with Crippen LogP contribution in [0.15, 0.2) is 83.4 Å². The Morgan fingerprint density at radius 1 is 0.889 bits per heavy atom. The molecule has 0 amide bonds. The van der Waals surface area contributed by atoms with Gasteiger partial charge in [0, 0.05) is 17.9 Å². The molecule has 1 heterocycles. The maximum Gasteiger partial charge on any atom is 0.152 e. The fourth-order valence-electron chi connectivity index (χ4n) is 4.14. The van der Waals surface area contributed by atoms with Gasteiger partial charge >= 0.3 is 0 Å². The molecule has 0 fully saturated rings. The van der Waals surface area contributed by atoms with Crippen molar-refractivity contribution >= 4 is 5.71 Å².